The van der Waals surface area contributed by atoms with Gasteiger partial charge in [0.2, 0.25) is 0 Å². The van der Waals surface area contributed by atoms with Crippen LogP contribution in [0.1, 0.15) is 44.7 Å². The van der Waals surface area contributed by atoms with Crippen molar-refractivity contribution in [1.29, 1.82) is 0 Å². The van der Waals surface area contributed by atoms with Gasteiger partial charge >= 0.3 is 0 Å². The normalized spacial score (nSPS) is 15.6. The van der Waals surface area contributed by atoms with Gasteiger partial charge in [0, 0.05) is 37.3 Å². The van der Waals surface area contributed by atoms with Crippen LogP contribution in [-0.2, 0) is 6.42 Å². The molecule has 0 unspecified atom stereocenters. The highest BCUT2D eigenvalue weighted by Gasteiger charge is 2.23. The van der Waals surface area contributed by atoms with Gasteiger partial charge in [0.15, 0.2) is 0 Å². The third-order valence-electron chi connectivity index (χ3n) is 5.42. The van der Waals surface area contributed by atoms with Gasteiger partial charge in [-0.3, -0.25) is 4.99 Å². The van der Waals surface area contributed by atoms with Gasteiger partial charge in [0.05, 0.1) is 5.70 Å². The third-order valence-corrected chi connectivity index (χ3v) is 5.42. The topological polar surface area (TPSA) is 48.8 Å². The van der Waals surface area contributed by atoms with E-state index >= 15 is 0 Å². The smallest absolute Gasteiger partial charge is 0.127 e. The lowest BCUT2D eigenvalue weighted by atomic mass is 10.0. The number of amidine groups is 1. The van der Waals surface area contributed by atoms with Crippen LogP contribution in [0.15, 0.2) is 107 Å². The quantitative estimate of drug-likeness (QED) is 0.195. The minimum absolute atomic E-state index is 0.300. The Kier molecular flexibility index (Phi) is 10.9. The molecule has 0 spiro atoms. The van der Waals surface area contributed by atoms with Crippen LogP contribution < -0.4 is 10.6 Å². The minimum atomic E-state index is -0.300. The average Bonchev–Trinajstić information content (AvgIpc) is 3.66. The summed E-state index contributed by atoms with van der Waals surface area (Å²) < 4.78 is 15.0. The second kappa shape index (κ2) is 13.9. The summed E-state index contributed by atoms with van der Waals surface area (Å²) in [6.45, 7) is 17.8. The van der Waals surface area contributed by atoms with Gasteiger partial charge in [-0.05, 0) is 74.4 Å². The van der Waals surface area contributed by atoms with Gasteiger partial charge in [-0.15, -0.1) is 0 Å². The Morgan fingerprint density at radius 2 is 1.91 bits per heavy atom. The van der Waals surface area contributed by atoms with E-state index in [-0.39, 0.29) is 5.82 Å². The lowest BCUT2D eigenvalue weighted by Crippen LogP contribution is -2.20. The Bertz CT molecular complexity index is 1130. The molecule has 0 atom stereocenters. The highest BCUT2D eigenvalue weighted by Crippen LogP contribution is 2.36. The molecule has 1 aromatic carbocycles. The predicted octanol–water partition coefficient (Wildman–Crippen LogP) is 7.04. The molecule has 35 heavy (non-hydrogen) atoms. The highest BCUT2D eigenvalue weighted by molar-refractivity contribution is 5.90. The molecule has 2 N–H and O–H groups in total. The molecular weight excluding hydrogens is 435 g/mol. The zero-order chi connectivity index (χ0) is 25.8. The fraction of sp³-hybridized carbons (Fsp3) is 0.267. The lowest BCUT2D eigenvalue weighted by Gasteiger charge is -2.13. The predicted molar refractivity (Wildman–Crippen MR) is 150 cm³/mol. The molecule has 1 fully saturated rings. The van der Waals surface area contributed by atoms with E-state index in [0.29, 0.717) is 35.0 Å². The maximum atomic E-state index is 15.0. The first-order valence-corrected chi connectivity index (χ1v) is 11.8. The van der Waals surface area contributed by atoms with Crippen molar-refractivity contribution < 1.29 is 4.39 Å². The summed E-state index contributed by atoms with van der Waals surface area (Å²) in [4.78, 5) is 8.44. The van der Waals surface area contributed by atoms with Gasteiger partial charge in [-0.2, -0.15) is 0 Å². The molecule has 0 bridgehead atoms. The van der Waals surface area contributed by atoms with Gasteiger partial charge in [-0.25, -0.2) is 9.38 Å². The Morgan fingerprint density at radius 1 is 1.17 bits per heavy atom. The number of hydrogen-bond donors (Lipinski definition) is 2. The highest BCUT2D eigenvalue weighted by atomic mass is 19.1. The number of allylic oxidation sites excluding steroid dienone is 9. The van der Waals surface area contributed by atoms with E-state index in [1.807, 2.05) is 45.1 Å². The van der Waals surface area contributed by atoms with Crippen molar-refractivity contribution in [3.05, 3.63) is 114 Å². The molecule has 1 saturated carbocycles. The molecule has 2 rings (SSSR count). The fourth-order valence-electron chi connectivity index (χ4n) is 3.40. The summed E-state index contributed by atoms with van der Waals surface area (Å²) in [5.41, 5.74) is 5.57. The second-order valence-electron chi connectivity index (χ2n) is 8.42. The summed E-state index contributed by atoms with van der Waals surface area (Å²) in [6.07, 6.45) is 15.7. The molecule has 0 radical (unpaired) electrons. The SMILES string of the molecule is C=C/C(=C\N=C(C)N/C(C=NC)=C/C)c1ccc(CC(=C)NC(/C=C\C)=C/C(=C)C2CC2)c(F)c1. The molecule has 0 saturated heterocycles. The summed E-state index contributed by atoms with van der Waals surface area (Å²) in [6, 6.07) is 5.16. The molecule has 1 aliphatic carbocycles. The van der Waals surface area contributed by atoms with Crippen LogP contribution in [0, 0.1) is 11.7 Å². The average molecular weight is 473 g/mol. The van der Waals surface area contributed by atoms with Crippen LogP contribution >= 0.6 is 0 Å². The lowest BCUT2D eigenvalue weighted by molar-refractivity contribution is 0.611. The molecule has 184 valence electrons. The van der Waals surface area contributed by atoms with E-state index in [1.165, 1.54) is 18.9 Å². The summed E-state index contributed by atoms with van der Waals surface area (Å²) in [5, 5.41) is 6.47. The zero-order valence-electron chi connectivity index (χ0n) is 21.4. The van der Waals surface area contributed by atoms with E-state index in [1.54, 1.807) is 31.6 Å². The van der Waals surface area contributed by atoms with Crippen LogP contribution in [0.3, 0.4) is 0 Å². The van der Waals surface area contributed by atoms with Crippen molar-refractivity contribution in [1.82, 2.24) is 10.6 Å². The Hall–Kier alpha value is -3.73. The third kappa shape index (κ3) is 9.20. The van der Waals surface area contributed by atoms with E-state index in [9.17, 15) is 4.39 Å². The van der Waals surface area contributed by atoms with Crippen molar-refractivity contribution in [2.24, 2.45) is 15.9 Å². The van der Waals surface area contributed by atoms with Crippen LogP contribution in [0.2, 0.25) is 0 Å². The second-order valence-corrected chi connectivity index (χ2v) is 8.42. The van der Waals surface area contributed by atoms with E-state index in [0.717, 1.165) is 22.5 Å². The number of rotatable bonds is 12. The molecule has 5 heteroatoms. The number of nitrogens with one attached hydrogen (secondary N) is 2. The first kappa shape index (κ1) is 27.5. The van der Waals surface area contributed by atoms with Crippen molar-refractivity contribution >= 4 is 17.6 Å². The van der Waals surface area contributed by atoms with Crippen LogP contribution in [-0.4, -0.2) is 19.1 Å². The summed E-state index contributed by atoms with van der Waals surface area (Å²) in [7, 11) is 1.71. The maximum Gasteiger partial charge on any atom is 0.127 e. The fourth-order valence-corrected chi connectivity index (χ4v) is 3.40. The zero-order valence-corrected chi connectivity index (χ0v) is 21.4. The van der Waals surface area contributed by atoms with Gasteiger partial charge < -0.3 is 10.6 Å². The largest absolute Gasteiger partial charge is 0.359 e. The van der Waals surface area contributed by atoms with Crippen molar-refractivity contribution in [2.45, 2.75) is 40.0 Å². The number of hydrogen-bond acceptors (Lipinski definition) is 3. The molecule has 1 aromatic rings. The Balaban J connectivity index is 2.11. The molecular formula is C30H37FN4. The van der Waals surface area contributed by atoms with Crippen molar-refractivity contribution in [2.75, 3.05) is 7.05 Å². The van der Waals surface area contributed by atoms with Gasteiger partial charge in [0.1, 0.15) is 11.7 Å². The summed E-state index contributed by atoms with van der Waals surface area (Å²) in [5.74, 6) is 0.971. The molecule has 0 aliphatic heterocycles. The van der Waals surface area contributed by atoms with Gasteiger partial charge in [0.25, 0.3) is 0 Å². The van der Waals surface area contributed by atoms with Gasteiger partial charge in [-0.1, -0.05) is 55.7 Å². The molecule has 0 aromatic heterocycles. The number of benzene rings is 1. The minimum Gasteiger partial charge on any atom is -0.359 e. The van der Waals surface area contributed by atoms with Crippen LogP contribution in [0.5, 0.6) is 0 Å². The molecule has 1 aliphatic rings. The van der Waals surface area contributed by atoms with Crippen LogP contribution in [0.4, 0.5) is 4.39 Å². The Morgan fingerprint density at radius 3 is 2.49 bits per heavy atom. The maximum absolute atomic E-state index is 15.0. The molecule has 4 nitrogen and oxygen atoms in total. The molecule has 0 amide bonds. The van der Waals surface area contributed by atoms with Crippen molar-refractivity contribution in [3.8, 4) is 0 Å². The monoisotopic (exact) mass is 472 g/mol. The standard InChI is InChI=1S/C30H37FN4/c1-8-11-29(16-21(4)25-12-13-25)34-22(5)17-27-15-14-26(18-30(27)31)24(9-2)19-33-23(6)35-28(10-3)20-32-7/h8-11,14-16,18-20,25,34H,2,4-5,12-13,17H2,1,3,6-7H3,(H,33,35)/b11-8-,24-19+,28-10+,29-16+,32-20?. The molecule has 0 heterocycles. The summed E-state index contributed by atoms with van der Waals surface area (Å²) >= 11 is 0. The van der Waals surface area contributed by atoms with E-state index < -0.39 is 0 Å². The van der Waals surface area contributed by atoms with E-state index in [4.69, 9.17) is 0 Å². The van der Waals surface area contributed by atoms with Crippen molar-refractivity contribution in [3.63, 3.8) is 0 Å². The van der Waals surface area contributed by atoms with Crippen LogP contribution in [0.25, 0.3) is 5.57 Å². The number of halogens is 1. The number of nitrogens with zero attached hydrogens (tertiary/aromatic N) is 2. The van der Waals surface area contributed by atoms with E-state index in [2.05, 4.69) is 46.4 Å². The Labute approximate surface area is 209 Å². The number of aliphatic imine (C=N–C) groups is 2. The first-order valence-electron chi connectivity index (χ1n) is 11.8. The first-order chi connectivity index (χ1) is 16.8.